The summed E-state index contributed by atoms with van der Waals surface area (Å²) in [6.07, 6.45) is 3.26. The first-order valence-corrected chi connectivity index (χ1v) is 9.12. The summed E-state index contributed by atoms with van der Waals surface area (Å²) < 4.78 is 5.38. The molecule has 0 aliphatic carbocycles. The zero-order valence-corrected chi connectivity index (χ0v) is 16.1. The molecule has 1 aromatic carbocycles. The maximum absolute atomic E-state index is 12.7. The number of carbonyl (C=O) groups excluding carboxylic acids is 1. The van der Waals surface area contributed by atoms with Gasteiger partial charge in [0.1, 0.15) is 11.4 Å². The lowest BCUT2D eigenvalue weighted by atomic mass is 10.1. The molecular formula is C19H23ClN4O2. The zero-order chi connectivity index (χ0) is 18.7. The maximum Gasteiger partial charge on any atom is 0.272 e. The van der Waals surface area contributed by atoms with E-state index in [1.165, 1.54) is 6.42 Å². The molecule has 0 spiro atoms. The summed E-state index contributed by atoms with van der Waals surface area (Å²) in [7, 11) is 1.58. The van der Waals surface area contributed by atoms with Gasteiger partial charge < -0.3 is 15.0 Å². The van der Waals surface area contributed by atoms with Gasteiger partial charge in [-0.15, -0.1) is 0 Å². The number of anilines is 2. The van der Waals surface area contributed by atoms with E-state index < -0.39 is 0 Å². The Kier molecular flexibility index (Phi) is 5.61. The molecule has 1 aliphatic heterocycles. The van der Waals surface area contributed by atoms with Crippen LogP contribution in [-0.2, 0) is 0 Å². The highest BCUT2D eigenvalue weighted by atomic mass is 35.5. The van der Waals surface area contributed by atoms with Crippen molar-refractivity contribution >= 4 is 29.1 Å². The van der Waals surface area contributed by atoms with Crippen LogP contribution in [0.4, 0.5) is 11.6 Å². The van der Waals surface area contributed by atoms with E-state index in [1.807, 2.05) is 24.8 Å². The Balaban J connectivity index is 1.88. The predicted octanol–water partition coefficient (Wildman–Crippen LogP) is 4.13. The number of methoxy groups -OCH3 is 1. The summed E-state index contributed by atoms with van der Waals surface area (Å²) in [5, 5.41) is 3.78. The van der Waals surface area contributed by atoms with Gasteiger partial charge in [-0.2, -0.15) is 0 Å². The number of hydrogen-bond acceptors (Lipinski definition) is 5. The molecule has 0 saturated carbocycles. The van der Waals surface area contributed by atoms with Gasteiger partial charge in [-0.1, -0.05) is 11.6 Å². The lowest BCUT2D eigenvalue weighted by molar-refractivity contribution is 0.0718. The van der Waals surface area contributed by atoms with Crippen LogP contribution in [0.25, 0.3) is 0 Å². The number of likely N-dealkylation sites (tertiary alicyclic amines) is 1. The van der Waals surface area contributed by atoms with E-state index in [9.17, 15) is 4.79 Å². The highest BCUT2D eigenvalue weighted by Crippen LogP contribution is 2.32. The van der Waals surface area contributed by atoms with Crippen molar-refractivity contribution in [3.05, 3.63) is 40.2 Å². The second kappa shape index (κ2) is 7.91. The second-order valence-electron chi connectivity index (χ2n) is 6.50. The molecule has 1 N–H and O–H groups in total. The number of carbonyl (C=O) groups is 1. The Morgan fingerprint density at radius 1 is 1.15 bits per heavy atom. The molecule has 3 rings (SSSR count). The summed E-state index contributed by atoms with van der Waals surface area (Å²) in [6, 6.07) is 5.35. The van der Waals surface area contributed by atoms with E-state index in [-0.39, 0.29) is 5.91 Å². The van der Waals surface area contributed by atoms with Gasteiger partial charge in [0.15, 0.2) is 0 Å². The molecule has 138 valence electrons. The lowest BCUT2D eigenvalue weighted by Crippen LogP contribution is -2.36. The molecule has 1 aromatic heterocycles. The van der Waals surface area contributed by atoms with E-state index in [2.05, 4.69) is 15.3 Å². The number of nitrogens with one attached hydrogen (secondary N) is 1. The van der Waals surface area contributed by atoms with Gasteiger partial charge in [-0.05, 0) is 50.8 Å². The minimum atomic E-state index is -0.0440. The number of rotatable bonds is 4. The van der Waals surface area contributed by atoms with Gasteiger partial charge >= 0.3 is 0 Å². The molecule has 0 atom stereocenters. The van der Waals surface area contributed by atoms with Crippen molar-refractivity contribution in [1.29, 1.82) is 0 Å². The van der Waals surface area contributed by atoms with Crippen LogP contribution >= 0.6 is 11.6 Å². The highest BCUT2D eigenvalue weighted by Gasteiger charge is 2.20. The topological polar surface area (TPSA) is 67.3 Å². The minimum absolute atomic E-state index is 0.0440. The SMILES string of the molecule is COc1cc(Cl)c(C)cc1Nc1nc(C)cc(C(=O)N2CCCCC2)n1. The van der Waals surface area contributed by atoms with E-state index >= 15 is 0 Å². The van der Waals surface area contributed by atoms with Gasteiger partial charge in [0.05, 0.1) is 12.8 Å². The zero-order valence-electron chi connectivity index (χ0n) is 15.3. The summed E-state index contributed by atoms with van der Waals surface area (Å²) in [5.74, 6) is 0.914. The van der Waals surface area contributed by atoms with Crippen LogP contribution in [0.2, 0.25) is 5.02 Å². The first kappa shape index (κ1) is 18.5. The van der Waals surface area contributed by atoms with Crippen molar-refractivity contribution in [2.45, 2.75) is 33.1 Å². The van der Waals surface area contributed by atoms with Crippen molar-refractivity contribution < 1.29 is 9.53 Å². The van der Waals surface area contributed by atoms with Crippen LogP contribution in [0.15, 0.2) is 18.2 Å². The number of ether oxygens (including phenoxy) is 1. The average molecular weight is 375 g/mol. The standard InChI is InChI=1S/C19H23ClN4O2/c1-12-9-15(17(26-3)11-14(12)20)22-19-21-13(2)10-16(23-19)18(25)24-7-5-4-6-8-24/h9-11H,4-8H2,1-3H3,(H,21,22,23). The van der Waals surface area contributed by atoms with E-state index in [0.717, 1.165) is 37.2 Å². The predicted molar refractivity (Wildman–Crippen MR) is 103 cm³/mol. The van der Waals surface area contributed by atoms with Crippen LogP contribution in [0.1, 0.15) is 41.0 Å². The van der Waals surface area contributed by atoms with Crippen molar-refractivity contribution in [2.75, 3.05) is 25.5 Å². The lowest BCUT2D eigenvalue weighted by Gasteiger charge is -2.26. The molecule has 7 heteroatoms. The number of piperidine rings is 1. The van der Waals surface area contributed by atoms with Gasteiger partial charge in [-0.25, -0.2) is 9.97 Å². The Labute approximate surface area is 158 Å². The number of aromatic nitrogens is 2. The van der Waals surface area contributed by atoms with Crippen LogP contribution in [0.5, 0.6) is 5.75 Å². The summed E-state index contributed by atoms with van der Waals surface area (Å²) in [5.41, 5.74) is 2.75. The molecule has 1 fully saturated rings. The van der Waals surface area contributed by atoms with Gasteiger partial charge in [0, 0.05) is 29.9 Å². The van der Waals surface area contributed by atoms with E-state index in [4.69, 9.17) is 16.3 Å². The molecule has 2 aromatic rings. The van der Waals surface area contributed by atoms with E-state index in [1.54, 1.807) is 19.2 Å². The first-order valence-electron chi connectivity index (χ1n) is 8.74. The van der Waals surface area contributed by atoms with Gasteiger partial charge in [-0.3, -0.25) is 4.79 Å². The third-order valence-electron chi connectivity index (χ3n) is 4.44. The Morgan fingerprint density at radius 2 is 1.88 bits per heavy atom. The molecule has 1 amide bonds. The minimum Gasteiger partial charge on any atom is -0.495 e. The smallest absolute Gasteiger partial charge is 0.272 e. The number of benzene rings is 1. The molecule has 1 aliphatic rings. The van der Waals surface area contributed by atoms with Crippen molar-refractivity contribution in [1.82, 2.24) is 14.9 Å². The summed E-state index contributed by atoms with van der Waals surface area (Å²) in [4.78, 5) is 23.4. The number of nitrogens with zero attached hydrogens (tertiary/aromatic N) is 3. The Hall–Kier alpha value is -2.34. The van der Waals surface area contributed by atoms with Gasteiger partial charge in [0.25, 0.3) is 5.91 Å². The van der Waals surface area contributed by atoms with Crippen molar-refractivity contribution in [3.8, 4) is 5.75 Å². The number of halogens is 1. The fourth-order valence-electron chi connectivity index (χ4n) is 3.04. The molecule has 1 saturated heterocycles. The normalized spacial score (nSPS) is 14.2. The number of aryl methyl sites for hydroxylation is 2. The number of amides is 1. The van der Waals surface area contributed by atoms with Gasteiger partial charge in [0.2, 0.25) is 5.95 Å². The molecule has 0 radical (unpaired) electrons. The van der Waals surface area contributed by atoms with Crippen LogP contribution in [0.3, 0.4) is 0 Å². The fraction of sp³-hybridized carbons (Fsp3) is 0.421. The fourth-order valence-corrected chi connectivity index (χ4v) is 3.20. The molecule has 0 bridgehead atoms. The van der Waals surface area contributed by atoms with Crippen molar-refractivity contribution in [2.24, 2.45) is 0 Å². The first-order chi connectivity index (χ1) is 12.5. The Bertz CT molecular complexity index is 819. The third kappa shape index (κ3) is 4.07. The second-order valence-corrected chi connectivity index (χ2v) is 6.90. The van der Waals surface area contributed by atoms with Crippen LogP contribution in [0, 0.1) is 13.8 Å². The van der Waals surface area contributed by atoms with Crippen LogP contribution < -0.4 is 10.1 Å². The highest BCUT2D eigenvalue weighted by molar-refractivity contribution is 6.31. The monoisotopic (exact) mass is 374 g/mol. The quantitative estimate of drug-likeness (QED) is 0.871. The molecule has 26 heavy (non-hydrogen) atoms. The Morgan fingerprint density at radius 3 is 2.58 bits per heavy atom. The van der Waals surface area contributed by atoms with Crippen molar-refractivity contribution in [3.63, 3.8) is 0 Å². The maximum atomic E-state index is 12.7. The van der Waals surface area contributed by atoms with Crippen LogP contribution in [-0.4, -0.2) is 41.0 Å². The van der Waals surface area contributed by atoms with E-state index in [0.29, 0.717) is 28.1 Å². The molecule has 2 heterocycles. The average Bonchev–Trinajstić information content (AvgIpc) is 2.64. The largest absolute Gasteiger partial charge is 0.495 e. The molecule has 0 unspecified atom stereocenters. The summed E-state index contributed by atoms with van der Waals surface area (Å²) in [6.45, 7) is 5.34. The number of hydrogen-bond donors (Lipinski definition) is 1. The molecular weight excluding hydrogens is 352 g/mol. The summed E-state index contributed by atoms with van der Waals surface area (Å²) >= 11 is 6.16. The molecule has 6 nitrogen and oxygen atoms in total. The third-order valence-corrected chi connectivity index (χ3v) is 4.85.